The maximum atomic E-state index is 13.4. The van der Waals surface area contributed by atoms with Crippen LogP contribution >= 0.6 is 15.9 Å². The SMILES string of the molecule is COc1ccc(-c2cc(C(=O)N3CCC(C)CC3)c3cc(Br)ccc3n2)cc1. The van der Waals surface area contributed by atoms with E-state index in [1.165, 1.54) is 0 Å². The lowest BCUT2D eigenvalue weighted by Crippen LogP contribution is -2.38. The molecular formula is C23H23BrN2O2. The van der Waals surface area contributed by atoms with Crippen LogP contribution in [0.1, 0.15) is 30.1 Å². The zero-order valence-electron chi connectivity index (χ0n) is 16.1. The molecule has 1 aliphatic heterocycles. The Balaban J connectivity index is 1.80. The standard InChI is InChI=1S/C23H23BrN2O2/c1-15-9-11-26(12-10-15)23(27)20-14-22(16-3-6-18(28-2)7-4-16)25-21-8-5-17(24)13-19(20)21/h3-8,13-15H,9-12H2,1-2H3. The molecule has 1 aromatic heterocycles. The maximum Gasteiger partial charge on any atom is 0.254 e. The Labute approximate surface area is 173 Å². The number of carbonyl (C=O) groups excluding carboxylic acids is 1. The number of methoxy groups -OCH3 is 1. The third kappa shape index (κ3) is 3.76. The van der Waals surface area contributed by atoms with Gasteiger partial charge in [-0.15, -0.1) is 0 Å². The fourth-order valence-corrected chi connectivity index (χ4v) is 4.03. The van der Waals surface area contributed by atoms with Crippen molar-refractivity contribution in [3.8, 4) is 17.0 Å². The summed E-state index contributed by atoms with van der Waals surface area (Å²) in [6.07, 6.45) is 2.12. The van der Waals surface area contributed by atoms with Crippen molar-refractivity contribution in [1.82, 2.24) is 9.88 Å². The van der Waals surface area contributed by atoms with Crippen LogP contribution in [0.25, 0.3) is 22.2 Å². The summed E-state index contributed by atoms with van der Waals surface area (Å²) in [7, 11) is 1.65. The lowest BCUT2D eigenvalue weighted by Gasteiger charge is -2.30. The second kappa shape index (κ2) is 7.92. The number of hydrogen-bond acceptors (Lipinski definition) is 3. The van der Waals surface area contributed by atoms with Crippen LogP contribution < -0.4 is 4.74 Å². The molecule has 28 heavy (non-hydrogen) atoms. The lowest BCUT2D eigenvalue weighted by molar-refractivity contribution is 0.0699. The highest BCUT2D eigenvalue weighted by atomic mass is 79.9. The monoisotopic (exact) mass is 438 g/mol. The molecule has 3 aromatic rings. The fraction of sp³-hybridized carbons (Fsp3) is 0.304. The Morgan fingerprint density at radius 2 is 1.82 bits per heavy atom. The minimum Gasteiger partial charge on any atom is -0.497 e. The average molecular weight is 439 g/mol. The van der Waals surface area contributed by atoms with Crippen LogP contribution in [0.3, 0.4) is 0 Å². The highest BCUT2D eigenvalue weighted by Gasteiger charge is 2.24. The topological polar surface area (TPSA) is 42.4 Å². The molecule has 1 aliphatic rings. The van der Waals surface area contributed by atoms with Gasteiger partial charge in [0, 0.05) is 28.5 Å². The van der Waals surface area contributed by atoms with Gasteiger partial charge in [0.15, 0.2) is 0 Å². The van der Waals surface area contributed by atoms with Crippen LogP contribution in [-0.2, 0) is 0 Å². The van der Waals surface area contributed by atoms with Crippen molar-refractivity contribution in [1.29, 1.82) is 0 Å². The smallest absolute Gasteiger partial charge is 0.254 e. The summed E-state index contributed by atoms with van der Waals surface area (Å²) in [4.78, 5) is 20.2. The van der Waals surface area contributed by atoms with Gasteiger partial charge in [-0.05, 0) is 67.3 Å². The van der Waals surface area contributed by atoms with Gasteiger partial charge in [0.25, 0.3) is 5.91 Å². The molecule has 0 N–H and O–H groups in total. The molecule has 2 aromatic carbocycles. The molecule has 0 spiro atoms. The van der Waals surface area contributed by atoms with Gasteiger partial charge < -0.3 is 9.64 Å². The van der Waals surface area contributed by atoms with Gasteiger partial charge in [0.2, 0.25) is 0 Å². The van der Waals surface area contributed by atoms with Crippen LogP contribution in [0.5, 0.6) is 5.75 Å². The molecule has 0 saturated carbocycles. The highest BCUT2D eigenvalue weighted by molar-refractivity contribution is 9.10. The molecule has 144 valence electrons. The number of benzene rings is 2. The predicted molar refractivity (Wildman–Crippen MR) is 116 cm³/mol. The van der Waals surface area contributed by atoms with E-state index in [-0.39, 0.29) is 5.91 Å². The number of pyridine rings is 1. The van der Waals surface area contributed by atoms with Gasteiger partial charge in [-0.2, -0.15) is 0 Å². The molecule has 0 bridgehead atoms. The van der Waals surface area contributed by atoms with Crippen LogP contribution in [-0.4, -0.2) is 36.0 Å². The summed E-state index contributed by atoms with van der Waals surface area (Å²) in [6, 6.07) is 15.6. The summed E-state index contributed by atoms with van der Waals surface area (Å²) in [5.74, 6) is 1.57. The Morgan fingerprint density at radius 3 is 2.50 bits per heavy atom. The molecular weight excluding hydrogens is 416 g/mol. The largest absolute Gasteiger partial charge is 0.497 e. The number of ether oxygens (including phenoxy) is 1. The van der Waals surface area contributed by atoms with E-state index in [9.17, 15) is 4.79 Å². The number of likely N-dealkylation sites (tertiary alicyclic amines) is 1. The van der Waals surface area contributed by atoms with Gasteiger partial charge in [-0.25, -0.2) is 4.98 Å². The summed E-state index contributed by atoms with van der Waals surface area (Å²) in [5, 5.41) is 0.884. The number of piperidine rings is 1. The number of aromatic nitrogens is 1. The first-order chi connectivity index (χ1) is 13.5. The molecule has 5 heteroatoms. The van der Waals surface area contributed by atoms with Crippen molar-refractivity contribution in [3.63, 3.8) is 0 Å². The van der Waals surface area contributed by atoms with Crippen LogP contribution in [0.4, 0.5) is 0 Å². The normalized spacial score (nSPS) is 15.0. The Kier molecular flexibility index (Phi) is 5.36. The Hall–Kier alpha value is -2.40. The van der Waals surface area contributed by atoms with Crippen molar-refractivity contribution in [2.24, 2.45) is 5.92 Å². The van der Waals surface area contributed by atoms with Gasteiger partial charge >= 0.3 is 0 Å². The van der Waals surface area contributed by atoms with Crippen molar-refractivity contribution in [3.05, 3.63) is 58.6 Å². The van der Waals surface area contributed by atoms with E-state index in [0.29, 0.717) is 11.5 Å². The molecule has 0 unspecified atom stereocenters. The van der Waals surface area contributed by atoms with Gasteiger partial charge in [-0.1, -0.05) is 22.9 Å². The third-order valence-electron chi connectivity index (χ3n) is 5.46. The van der Waals surface area contributed by atoms with Crippen molar-refractivity contribution < 1.29 is 9.53 Å². The van der Waals surface area contributed by atoms with E-state index in [1.807, 2.05) is 53.4 Å². The number of hydrogen-bond donors (Lipinski definition) is 0. The van der Waals surface area contributed by atoms with Crippen molar-refractivity contribution in [2.45, 2.75) is 19.8 Å². The zero-order chi connectivity index (χ0) is 19.7. The van der Waals surface area contributed by atoms with E-state index < -0.39 is 0 Å². The Morgan fingerprint density at radius 1 is 1.11 bits per heavy atom. The quantitative estimate of drug-likeness (QED) is 0.538. The van der Waals surface area contributed by atoms with Crippen molar-refractivity contribution in [2.75, 3.05) is 20.2 Å². The predicted octanol–water partition coefficient (Wildman–Crippen LogP) is 5.55. The van der Waals surface area contributed by atoms with Gasteiger partial charge in [0.05, 0.1) is 23.9 Å². The molecule has 1 amide bonds. The lowest BCUT2D eigenvalue weighted by atomic mass is 9.97. The van der Waals surface area contributed by atoms with Crippen LogP contribution in [0.2, 0.25) is 0 Å². The molecule has 0 radical (unpaired) electrons. The molecule has 0 atom stereocenters. The fourth-order valence-electron chi connectivity index (χ4n) is 3.67. The highest BCUT2D eigenvalue weighted by Crippen LogP contribution is 2.30. The molecule has 1 fully saturated rings. The van der Waals surface area contributed by atoms with E-state index in [1.54, 1.807) is 7.11 Å². The summed E-state index contributed by atoms with van der Waals surface area (Å²) < 4.78 is 6.20. The number of amides is 1. The number of rotatable bonds is 3. The molecule has 2 heterocycles. The Bertz CT molecular complexity index is 1010. The van der Waals surface area contributed by atoms with Crippen molar-refractivity contribution >= 4 is 32.7 Å². The summed E-state index contributed by atoms with van der Waals surface area (Å²) in [6.45, 7) is 3.88. The van der Waals surface area contributed by atoms with Gasteiger partial charge in [0.1, 0.15) is 5.75 Å². The molecule has 4 nitrogen and oxygen atoms in total. The third-order valence-corrected chi connectivity index (χ3v) is 5.95. The minimum atomic E-state index is 0.0900. The summed E-state index contributed by atoms with van der Waals surface area (Å²) >= 11 is 3.53. The van der Waals surface area contributed by atoms with Crippen LogP contribution in [0.15, 0.2) is 53.0 Å². The number of nitrogens with zero attached hydrogens (tertiary/aromatic N) is 2. The molecule has 4 rings (SSSR count). The maximum absolute atomic E-state index is 13.4. The summed E-state index contributed by atoms with van der Waals surface area (Å²) in [5.41, 5.74) is 3.30. The number of carbonyl (C=O) groups is 1. The first-order valence-corrected chi connectivity index (χ1v) is 10.4. The first kappa shape index (κ1) is 18.9. The molecule has 0 aliphatic carbocycles. The first-order valence-electron chi connectivity index (χ1n) is 9.59. The average Bonchev–Trinajstić information content (AvgIpc) is 2.73. The second-order valence-electron chi connectivity index (χ2n) is 7.42. The van der Waals surface area contributed by atoms with E-state index in [2.05, 4.69) is 22.9 Å². The van der Waals surface area contributed by atoms with Gasteiger partial charge in [-0.3, -0.25) is 4.79 Å². The molecule has 1 saturated heterocycles. The van der Waals surface area contributed by atoms with Crippen LogP contribution in [0, 0.1) is 5.92 Å². The minimum absolute atomic E-state index is 0.0900. The number of halogens is 1. The second-order valence-corrected chi connectivity index (χ2v) is 8.34. The van der Waals surface area contributed by atoms with E-state index in [4.69, 9.17) is 9.72 Å². The van der Waals surface area contributed by atoms with E-state index >= 15 is 0 Å². The van der Waals surface area contributed by atoms with E-state index in [0.717, 1.165) is 58.3 Å². The zero-order valence-corrected chi connectivity index (χ0v) is 17.7. The number of fused-ring (bicyclic) bond motifs is 1.